The van der Waals surface area contributed by atoms with Crippen LogP contribution in [0.15, 0.2) is 47.4 Å². The molecule has 0 radical (unpaired) electrons. The van der Waals surface area contributed by atoms with Crippen LogP contribution in [-0.4, -0.2) is 55.8 Å². The normalized spacial score (nSPS) is 16.2. The quantitative estimate of drug-likeness (QED) is 0.623. The first-order valence-corrected chi connectivity index (χ1v) is 10.0. The monoisotopic (exact) mass is 390 g/mol. The largest absolute Gasteiger partial charge is 0.350 e. The van der Waals surface area contributed by atoms with Gasteiger partial charge in [-0.1, -0.05) is 17.7 Å². The molecule has 0 spiro atoms. The van der Waals surface area contributed by atoms with E-state index in [0.717, 1.165) is 11.6 Å². The number of piperazine rings is 1. The van der Waals surface area contributed by atoms with Crippen LogP contribution in [-0.2, 0) is 10.0 Å². The molecule has 2 aromatic carbocycles. The van der Waals surface area contributed by atoms with Crippen LogP contribution in [0.5, 0.6) is 0 Å². The Bertz CT molecular complexity index is 936. The molecule has 0 aliphatic carbocycles. The number of aryl methyl sites for hydroxylation is 1. The summed E-state index contributed by atoms with van der Waals surface area (Å²) < 4.78 is 27.1. The maximum Gasteiger partial charge on any atom is 0.294 e. The third-order valence-electron chi connectivity index (χ3n) is 4.60. The van der Waals surface area contributed by atoms with E-state index in [9.17, 15) is 18.5 Å². The first-order chi connectivity index (χ1) is 12.8. The molecule has 0 unspecified atom stereocenters. The fourth-order valence-electron chi connectivity index (χ4n) is 2.90. The Morgan fingerprint density at radius 1 is 1.04 bits per heavy atom. The number of hydrogen-bond acceptors (Lipinski definition) is 6. The zero-order valence-corrected chi connectivity index (χ0v) is 16.1. The topological polar surface area (TPSA) is 95.8 Å². The van der Waals surface area contributed by atoms with Crippen molar-refractivity contribution >= 4 is 27.1 Å². The standard InChI is InChI=1S/C18H22N4O4S/c1-14-3-5-15(6-4-14)19-17-8-7-16(13-18(17)22(23)24)27(25,26)21-11-9-20(2)10-12-21/h3-8,13,19H,9-12H2,1-2H3. The SMILES string of the molecule is Cc1ccc(Nc2ccc(S(=O)(=O)N3CCN(C)CC3)cc2[N+](=O)[O-])cc1. The van der Waals surface area contributed by atoms with Crippen LogP contribution in [0.1, 0.15) is 5.56 Å². The molecule has 0 aromatic heterocycles. The lowest BCUT2D eigenvalue weighted by molar-refractivity contribution is -0.384. The molecule has 1 N–H and O–H groups in total. The molecular weight excluding hydrogens is 368 g/mol. The summed E-state index contributed by atoms with van der Waals surface area (Å²) in [5.41, 5.74) is 1.74. The number of rotatable bonds is 5. The Labute approximate surface area is 158 Å². The molecule has 3 rings (SSSR count). The lowest BCUT2D eigenvalue weighted by Crippen LogP contribution is -2.47. The second-order valence-corrected chi connectivity index (χ2v) is 8.57. The molecule has 27 heavy (non-hydrogen) atoms. The highest BCUT2D eigenvalue weighted by atomic mass is 32.2. The van der Waals surface area contributed by atoms with Gasteiger partial charge in [-0.15, -0.1) is 0 Å². The van der Waals surface area contributed by atoms with Gasteiger partial charge in [-0.05, 0) is 38.2 Å². The van der Waals surface area contributed by atoms with Gasteiger partial charge in [0.15, 0.2) is 0 Å². The summed E-state index contributed by atoms with van der Waals surface area (Å²) in [4.78, 5) is 12.9. The molecule has 0 atom stereocenters. The van der Waals surface area contributed by atoms with Gasteiger partial charge >= 0.3 is 0 Å². The number of nitro groups is 1. The smallest absolute Gasteiger partial charge is 0.294 e. The van der Waals surface area contributed by atoms with Crippen molar-refractivity contribution in [3.8, 4) is 0 Å². The van der Waals surface area contributed by atoms with E-state index in [4.69, 9.17) is 0 Å². The summed E-state index contributed by atoms with van der Waals surface area (Å²) in [7, 11) is -1.83. The first kappa shape index (κ1) is 19.3. The van der Waals surface area contributed by atoms with Gasteiger partial charge in [0, 0.05) is 37.9 Å². The lowest BCUT2D eigenvalue weighted by Gasteiger charge is -2.31. The van der Waals surface area contributed by atoms with E-state index in [0.29, 0.717) is 31.9 Å². The van der Waals surface area contributed by atoms with Gasteiger partial charge in [-0.2, -0.15) is 4.31 Å². The van der Waals surface area contributed by atoms with E-state index in [1.165, 1.54) is 16.4 Å². The second-order valence-electron chi connectivity index (χ2n) is 6.63. The average Bonchev–Trinajstić information content (AvgIpc) is 2.64. The van der Waals surface area contributed by atoms with Crippen molar-refractivity contribution in [2.24, 2.45) is 0 Å². The summed E-state index contributed by atoms with van der Waals surface area (Å²) in [6, 6.07) is 11.4. The van der Waals surface area contributed by atoms with Gasteiger partial charge in [0.05, 0.1) is 9.82 Å². The van der Waals surface area contributed by atoms with Gasteiger partial charge in [0.25, 0.3) is 5.69 Å². The summed E-state index contributed by atoms with van der Waals surface area (Å²) >= 11 is 0. The van der Waals surface area contributed by atoms with E-state index in [1.54, 1.807) is 0 Å². The van der Waals surface area contributed by atoms with Crippen molar-refractivity contribution in [3.63, 3.8) is 0 Å². The van der Waals surface area contributed by atoms with E-state index in [-0.39, 0.29) is 16.3 Å². The number of anilines is 2. The molecule has 1 saturated heterocycles. The molecule has 2 aromatic rings. The maximum atomic E-state index is 12.8. The number of hydrogen-bond donors (Lipinski definition) is 1. The second kappa shape index (κ2) is 7.63. The van der Waals surface area contributed by atoms with Crippen molar-refractivity contribution in [3.05, 3.63) is 58.1 Å². The highest BCUT2D eigenvalue weighted by Gasteiger charge is 2.29. The van der Waals surface area contributed by atoms with E-state index in [2.05, 4.69) is 5.32 Å². The van der Waals surface area contributed by atoms with Crippen LogP contribution in [0.25, 0.3) is 0 Å². The Balaban J connectivity index is 1.91. The summed E-state index contributed by atoms with van der Waals surface area (Å²) in [6.07, 6.45) is 0. The molecule has 0 amide bonds. The molecule has 1 heterocycles. The van der Waals surface area contributed by atoms with Crippen LogP contribution in [0.3, 0.4) is 0 Å². The van der Waals surface area contributed by atoms with E-state index >= 15 is 0 Å². The zero-order chi connectivity index (χ0) is 19.6. The van der Waals surface area contributed by atoms with E-state index in [1.807, 2.05) is 43.1 Å². The van der Waals surface area contributed by atoms with Crippen LogP contribution >= 0.6 is 0 Å². The Morgan fingerprint density at radius 2 is 1.67 bits per heavy atom. The van der Waals surface area contributed by atoms with Crippen molar-refractivity contribution in [1.82, 2.24) is 9.21 Å². The minimum Gasteiger partial charge on any atom is -0.350 e. The number of sulfonamides is 1. The van der Waals surface area contributed by atoms with Gasteiger partial charge < -0.3 is 10.2 Å². The lowest BCUT2D eigenvalue weighted by atomic mass is 10.2. The van der Waals surface area contributed by atoms with Gasteiger partial charge in [0.2, 0.25) is 10.0 Å². The summed E-state index contributed by atoms with van der Waals surface area (Å²) in [5.74, 6) is 0. The Morgan fingerprint density at radius 3 is 2.26 bits per heavy atom. The maximum absolute atomic E-state index is 12.8. The number of nitrogens with one attached hydrogen (secondary N) is 1. The van der Waals surface area contributed by atoms with Crippen LogP contribution in [0.2, 0.25) is 0 Å². The minimum absolute atomic E-state index is 0.0618. The molecule has 9 heteroatoms. The highest BCUT2D eigenvalue weighted by molar-refractivity contribution is 7.89. The molecule has 0 saturated carbocycles. The fraction of sp³-hybridized carbons (Fsp3) is 0.333. The van der Waals surface area contributed by atoms with Crippen molar-refractivity contribution < 1.29 is 13.3 Å². The predicted octanol–water partition coefficient (Wildman–Crippen LogP) is 2.58. The molecule has 8 nitrogen and oxygen atoms in total. The summed E-state index contributed by atoms with van der Waals surface area (Å²) in [6.45, 7) is 3.96. The predicted molar refractivity (Wildman–Crippen MR) is 104 cm³/mol. The summed E-state index contributed by atoms with van der Waals surface area (Å²) in [5, 5.41) is 14.5. The molecule has 1 aliphatic rings. The fourth-order valence-corrected chi connectivity index (χ4v) is 4.34. The molecule has 1 aliphatic heterocycles. The third kappa shape index (κ3) is 4.26. The minimum atomic E-state index is -3.76. The molecule has 1 fully saturated rings. The molecule has 144 valence electrons. The third-order valence-corrected chi connectivity index (χ3v) is 6.49. The zero-order valence-electron chi connectivity index (χ0n) is 15.3. The molecule has 0 bridgehead atoms. The van der Waals surface area contributed by atoms with Crippen molar-refractivity contribution in [2.45, 2.75) is 11.8 Å². The highest BCUT2D eigenvalue weighted by Crippen LogP contribution is 2.31. The van der Waals surface area contributed by atoms with Gasteiger partial charge in [-0.3, -0.25) is 10.1 Å². The van der Waals surface area contributed by atoms with Gasteiger partial charge in [-0.25, -0.2) is 8.42 Å². The molecular formula is C18H22N4O4S. The van der Waals surface area contributed by atoms with E-state index < -0.39 is 14.9 Å². The van der Waals surface area contributed by atoms with Crippen LogP contribution < -0.4 is 5.32 Å². The number of likely N-dealkylation sites (N-methyl/N-ethyl adjacent to an activating group) is 1. The Kier molecular flexibility index (Phi) is 5.45. The Hall–Kier alpha value is -2.49. The first-order valence-electron chi connectivity index (χ1n) is 8.58. The van der Waals surface area contributed by atoms with Crippen LogP contribution in [0.4, 0.5) is 17.1 Å². The number of nitrogens with zero attached hydrogens (tertiary/aromatic N) is 3. The average molecular weight is 390 g/mol. The van der Waals surface area contributed by atoms with Gasteiger partial charge in [0.1, 0.15) is 5.69 Å². The number of nitro benzene ring substituents is 1. The van der Waals surface area contributed by atoms with Crippen LogP contribution in [0, 0.1) is 17.0 Å². The van der Waals surface area contributed by atoms with Crippen molar-refractivity contribution in [2.75, 3.05) is 38.5 Å². The number of benzene rings is 2. The van der Waals surface area contributed by atoms with Crippen molar-refractivity contribution in [1.29, 1.82) is 0 Å².